The maximum Gasteiger partial charge on any atom is 0.251 e. The molecule has 0 aliphatic carbocycles. The van der Waals surface area contributed by atoms with Crippen LogP contribution in [-0.4, -0.2) is 37.6 Å². The Morgan fingerprint density at radius 3 is 2.89 bits per heavy atom. The molecule has 0 saturated carbocycles. The van der Waals surface area contributed by atoms with Gasteiger partial charge in [0.15, 0.2) is 0 Å². The first-order chi connectivity index (χ1) is 9.15. The summed E-state index contributed by atoms with van der Waals surface area (Å²) in [7, 11) is 0. The summed E-state index contributed by atoms with van der Waals surface area (Å²) in [6.45, 7) is 1.94. The third-order valence-corrected chi connectivity index (χ3v) is 3.97. The van der Waals surface area contributed by atoms with Crippen LogP contribution in [0.2, 0.25) is 0 Å². The number of hydrogen-bond donors (Lipinski definition) is 0. The molecule has 2 nitrogen and oxygen atoms in total. The summed E-state index contributed by atoms with van der Waals surface area (Å²) in [5, 5.41) is 0. The minimum atomic E-state index is -2.25. The molecule has 1 aromatic carbocycles. The fourth-order valence-corrected chi connectivity index (χ4v) is 2.82. The largest absolute Gasteiger partial charge is 0.492 e. The molecule has 19 heavy (non-hydrogen) atoms. The summed E-state index contributed by atoms with van der Waals surface area (Å²) < 4.78 is 31.4. The number of hydrogen-bond acceptors (Lipinski definition) is 2. The Morgan fingerprint density at radius 2 is 2.16 bits per heavy atom. The molecule has 1 saturated heterocycles. The Balaban J connectivity index is 1.81. The molecule has 0 bridgehead atoms. The first-order valence-corrected chi connectivity index (χ1v) is 7.32. The van der Waals surface area contributed by atoms with Crippen molar-refractivity contribution in [1.29, 1.82) is 0 Å². The van der Waals surface area contributed by atoms with Gasteiger partial charge in [0.05, 0.1) is 17.6 Å². The van der Waals surface area contributed by atoms with E-state index in [1.54, 1.807) is 0 Å². The van der Waals surface area contributed by atoms with E-state index >= 15 is 0 Å². The standard InChI is InChI=1S/C14H18BrF2NO/c15-12-5-1-2-6-13(12)19-10-11-4-3-7-18(8-11)9-14(16)17/h1-2,5-6,11,14H,3-4,7-10H2. The second-order valence-electron chi connectivity index (χ2n) is 4.90. The van der Waals surface area contributed by atoms with Gasteiger partial charge >= 0.3 is 0 Å². The van der Waals surface area contributed by atoms with Crippen LogP contribution in [0.25, 0.3) is 0 Å². The van der Waals surface area contributed by atoms with Gasteiger partial charge in [-0.2, -0.15) is 0 Å². The lowest BCUT2D eigenvalue weighted by atomic mass is 9.99. The van der Waals surface area contributed by atoms with Gasteiger partial charge < -0.3 is 4.74 Å². The average molecular weight is 334 g/mol. The summed E-state index contributed by atoms with van der Waals surface area (Å²) in [4.78, 5) is 1.84. The number of halogens is 3. The van der Waals surface area contributed by atoms with Crippen LogP contribution in [0.1, 0.15) is 12.8 Å². The molecule has 2 rings (SSSR count). The summed E-state index contributed by atoms with van der Waals surface area (Å²) in [6.07, 6.45) is -0.233. The third kappa shape index (κ3) is 4.73. The molecule has 1 aliphatic rings. The number of nitrogens with zero attached hydrogens (tertiary/aromatic N) is 1. The highest BCUT2D eigenvalue weighted by Crippen LogP contribution is 2.25. The molecular formula is C14H18BrF2NO. The van der Waals surface area contributed by atoms with Crippen LogP contribution in [-0.2, 0) is 0 Å². The van der Waals surface area contributed by atoms with Crippen molar-refractivity contribution in [3.05, 3.63) is 28.7 Å². The summed E-state index contributed by atoms with van der Waals surface area (Å²) in [6, 6.07) is 7.69. The zero-order valence-electron chi connectivity index (χ0n) is 10.7. The third-order valence-electron chi connectivity index (χ3n) is 3.31. The van der Waals surface area contributed by atoms with Gasteiger partial charge in [0, 0.05) is 12.5 Å². The molecule has 0 amide bonds. The Bertz CT molecular complexity index is 403. The van der Waals surface area contributed by atoms with E-state index in [-0.39, 0.29) is 6.54 Å². The first kappa shape index (κ1) is 14.7. The lowest BCUT2D eigenvalue weighted by Crippen LogP contribution is -2.40. The zero-order valence-corrected chi connectivity index (χ0v) is 12.3. The number of piperidine rings is 1. The van der Waals surface area contributed by atoms with Crippen LogP contribution >= 0.6 is 15.9 Å². The quantitative estimate of drug-likeness (QED) is 0.812. The number of ether oxygens (including phenoxy) is 1. The van der Waals surface area contributed by atoms with Crippen molar-refractivity contribution < 1.29 is 13.5 Å². The second-order valence-corrected chi connectivity index (χ2v) is 5.75. The van der Waals surface area contributed by atoms with Crippen molar-refractivity contribution in [2.24, 2.45) is 5.92 Å². The lowest BCUT2D eigenvalue weighted by molar-refractivity contribution is 0.0551. The van der Waals surface area contributed by atoms with Crippen molar-refractivity contribution in [3.63, 3.8) is 0 Å². The van der Waals surface area contributed by atoms with Gasteiger partial charge in [-0.3, -0.25) is 4.90 Å². The summed E-state index contributed by atoms with van der Waals surface area (Å²) in [5.74, 6) is 1.15. The van der Waals surface area contributed by atoms with Gasteiger partial charge in [-0.25, -0.2) is 8.78 Å². The predicted molar refractivity (Wildman–Crippen MR) is 74.8 cm³/mol. The van der Waals surface area contributed by atoms with E-state index < -0.39 is 6.43 Å². The lowest BCUT2D eigenvalue weighted by Gasteiger charge is -2.32. The molecule has 1 fully saturated rings. The molecule has 5 heteroatoms. The number of alkyl halides is 2. The van der Waals surface area contributed by atoms with Crippen LogP contribution in [0, 0.1) is 5.92 Å². The number of rotatable bonds is 5. The summed E-state index contributed by atoms with van der Waals surface area (Å²) >= 11 is 3.43. The van der Waals surface area contributed by atoms with Crippen LogP contribution in [0.3, 0.4) is 0 Å². The van der Waals surface area contributed by atoms with Gasteiger partial charge in [0.1, 0.15) is 5.75 Å². The van der Waals surface area contributed by atoms with E-state index in [1.807, 2.05) is 29.2 Å². The Hall–Kier alpha value is -0.680. The Kier molecular flexibility index (Phi) is 5.58. The molecule has 1 atom stereocenters. The SMILES string of the molecule is FC(F)CN1CCCC(COc2ccccc2Br)C1. The number of benzene rings is 1. The fraction of sp³-hybridized carbons (Fsp3) is 0.571. The van der Waals surface area contributed by atoms with Gasteiger partial charge in [-0.15, -0.1) is 0 Å². The van der Waals surface area contributed by atoms with E-state index in [4.69, 9.17) is 4.74 Å². The van der Waals surface area contributed by atoms with Gasteiger partial charge in [0.2, 0.25) is 0 Å². The normalized spacial score (nSPS) is 20.7. The van der Waals surface area contributed by atoms with Gasteiger partial charge in [0.25, 0.3) is 6.43 Å². The minimum Gasteiger partial charge on any atom is -0.492 e. The van der Waals surface area contributed by atoms with Crippen LogP contribution in [0.15, 0.2) is 28.7 Å². The molecule has 0 N–H and O–H groups in total. The van der Waals surface area contributed by atoms with E-state index in [2.05, 4.69) is 15.9 Å². The van der Waals surface area contributed by atoms with E-state index in [0.29, 0.717) is 19.1 Å². The van der Waals surface area contributed by atoms with Gasteiger partial charge in [-0.05, 0) is 47.4 Å². The smallest absolute Gasteiger partial charge is 0.251 e. The molecule has 1 aromatic rings. The highest BCUT2D eigenvalue weighted by atomic mass is 79.9. The van der Waals surface area contributed by atoms with Crippen molar-refractivity contribution >= 4 is 15.9 Å². The van der Waals surface area contributed by atoms with Crippen LogP contribution in [0.4, 0.5) is 8.78 Å². The number of para-hydroxylation sites is 1. The number of likely N-dealkylation sites (tertiary alicyclic amines) is 1. The molecule has 0 aromatic heterocycles. The average Bonchev–Trinajstić information content (AvgIpc) is 2.37. The van der Waals surface area contributed by atoms with E-state index in [9.17, 15) is 8.78 Å². The maximum absolute atomic E-state index is 12.4. The second kappa shape index (κ2) is 7.20. The topological polar surface area (TPSA) is 12.5 Å². The fourth-order valence-electron chi connectivity index (χ4n) is 2.42. The Labute approximate surface area is 120 Å². The maximum atomic E-state index is 12.4. The molecular weight excluding hydrogens is 316 g/mol. The van der Waals surface area contributed by atoms with Crippen molar-refractivity contribution in [2.45, 2.75) is 19.3 Å². The zero-order chi connectivity index (χ0) is 13.7. The van der Waals surface area contributed by atoms with E-state index in [0.717, 1.165) is 29.6 Å². The van der Waals surface area contributed by atoms with Gasteiger partial charge in [-0.1, -0.05) is 12.1 Å². The van der Waals surface area contributed by atoms with Crippen LogP contribution < -0.4 is 4.74 Å². The predicted octanol–water partition coefficient (Wildman–Crippen LogP) is 3.81. The molecule has 0 radical (unpaired) electrons. The van der Waals surface area contributed by atoms with E-state index in [1.165, 1.54) is 0 Å². The van der Waals surface area contributed by atoms with Crippen LogP contribution in [0.5, 0.6) is 5.75 Å². The summed E-state index contributed by atoms with van der Waals surface area (Å²) in [5.41, 5.74) is 0. The van der Waals surface area contributed by atoms with Crippen molar-refractivity contribution in [1.82, 2.24) is 4.90 Å². The molecule has 1 unspecified atom stereocenters. The monoisotopic (exact) mass is 333 g/mol. The molecule has 1 aliphatic heterocycles. The highest BCUT2D eigenvalue weighted by Gasteiger charge is 2.22. The van der Waals surface area contributed by atoms with Crippen molar-refractivity contribution in [2.75, 3.05) is 26.2 Å². The Morgan fingerprint density at radius 1 is 1.37 bits per heavy atom. The molecule has 1 heterocycles. The molecule has 0 spiro atoms. The minimum absolute atomic E-state index is 0.120. The first-order valence-electron chi connectivity index (χ1n) is 6.53. The highest BCUT2D eigenvalue weighted by molar-refractivity contribution is 9.10. The van der Waals surface area contributed by atoms with Crippen molar-refractivity contribution in [3.8, 4) is 5.75 Å². The molecule has 106 valence electrons.